The van der Waals surface area contributed by atoms with E-state index in [1.165, 1.54) is 0 Å². The van der Waals surface area contributed by atoms with Crippen molar-refractivity contribution in [1.29, 1.82) is 0 Å². The topological polar surface area (TPSA) is 59.4 Å². The molecular formula is C20H26N4O2. The highest BCUT2D eigenvalue weighted by molar-refractivity contribution is 5.92. The number of carbonyl (C=O) groups excluding carboxylic acids is 1. The maximum Gasteiger partial charge on any atom is 0.272 e. The van der Waals surface area contributed by atoms with Crippen molar-refractivity contribution in [2.24, 2.45) is 0 Å². The Hall–Kier alpha value is -2.18. The molecule has 1 atom stereocenters. The summed E-state index contributed by atoms with van der Waals surface area (Å²) in [5.41, 5.74) is 1.65. The van der Waals surface area contributed by atoms with Gasteiger partial charge in [-0.1, -0.05) is 30.3 Å². The lowest BCUT2D eigenvalue weighted by Gasteiger charge is -2.31. The number of nitrogens with zero attached hydrogens (tertiary/aromatic N) is 3. The number of fused-ring (bicyclic) bond motifs is 1. The van der Waals surface area contributed by atoms with E-state index in [4.69, 9.17) is 4.74 Å². The van der Waals surface area contributed by atoms with Gasteiger partial charge in [0.05, 0.1) is 19.3 Å². The van der Waals surface area contributed by atoms with Crippen molar-refractivity contribution >= 4 is 5.91 Å². The summed E-state index contributed by atoms with van der Waals surface area (Å²) < 4.78 is 7.57. The zero-order valence-electron chi connectivity index (χ0n) is 15.1. The number of imidazole rings is 1. The lowest BCUT2D eigenvalue weighted by Crippen LogP contribution is -2.43. The third kappa shape index (κ3) is 3.97. The van der Waals surface area contributed by atoms with Crippen LogP contribution in [0.25, 0.3) is 0 Å². The molecule has 4 rings (SSSR count). The largest absolute Gasteiger partial charge is 0.379 e. The Morgan fingerprint density at radius 3 is 2.73 bits per heavy atom. The molecule has 138 valence electrons. The van der Waals surface area contributed by atoms with Crippen molar-refractivity contribution in [2.45, 2.75) is 31.8 Å². The summed E-state index contributed by atoms with van der Waals surface area (Å²) in [6, 6.07) is 10.1. The molecule has 1 fully saturated rings. The summed E-state index contributed by atoms with van der Waals surface area (Å²) in [7, 11) is 0. The Morgan fingerprint density at radius 1 is 1.15 bits per heavy atom. The van der Waals surface area contributed by atoms with Gasteiger partial charge in [-0.3, -0.25) is 9.69 Å². The molecule has 0 radical (unpaired) electrons. The van der Waals surface area contributed by atoms with Crippen LogP contribution >= 0.6 is 0 Å². The van der Waals surface area contributed by atoms with E-state index >= 15 is 0 Å². The van der Waals surface area contributed by atoms with Gasteiger partial charge in [-0.25, -0.2) is 4.98 Å². The van der Waals surface area contributed by atoms with Crippen molar-refractivity contribution in [2.75, 3.05) is 32.8 Å². The van der Waals surface area contributed by atoms with E-state index in [0.29, 0.717) is 5.69 Å². The van der Waals surface area contributed by atoms with Crippen LogP contribution in [-0.4, -0.2) is 53.2 Å². The SMILES string of the molecule is O=C(NC(CN1CCOCC1)c1ccccc1)c1cn2c(n1)CCCC2. The molecule has 6 heteroatoms. The van der Waals surface area contributed by atoms with Crippen LogP contribution in [0.4, 0.5) is 0 Å². The molecule has 1 aromatic carbocycles. The van der Waals surface area contributed by atoms with Gasteiger partial charge in [-0.15, -0.1) is 0 Å². The monoisotopic (exact) mass is 354 g/mol. The summed E-state index contributed by atoms with van der Waals surface area (Å²) >= 11 is 0. The van der Waals surface area contributed by atoms with E-state index in [2.05, 4.69) is 31.9 Å². The smallest absolute Gasteiger partial charge is 0.272 e. The van der Waals surface area contributed by atoms with Crippen molar-refractivity contribution in [3.05, 3.63) is 53.6 Å². The molecule has 2 aliphatic rings. The van der Waals surface area contributed by atoms with Crippen molar-refractivity contribution in [3.63, 3.8) is 0 Å². The molecule has 0 spiro atoms. The summed E-state index contributed by atoms with van der Waals surface area (Å²) in [5, 5.41) is 3.21. The van der Waals surface area contributed by atoms with Gasteiger partial charge in [0.1, 0.15) is 11.5 Å². The minimum atomic E-state index is -0.0889. The highest BCUT2D eigenvalue weighted by atomic mass is 16.5. The summed E-state index contributed by atoms with van der Waals surface area (Å²) in [4.78, 5) is 19.8. The minimum Gasteiger partial charge on any atom is -0.379 e. The average molecular weight is 354 g/mol. The van der Waals surface area contributed by atoms with Crippen LogP contribution < -0.4 is 5.32 Å². The summed E-state index contributed by atoms with van der Waals surface area (Å²) in [6.45, 7) is 5.06. The number of ether oxygens (including phenoxy) is 1. The molecule has 6 nitrogen and oxygen atoms in total. The number of aryl methyl sites for hydroxylation is 2. The molecule has 2 aliphatic heterocycles. The zero-order valence-corrected chi connectivity index (χ0v) is 15.1. The second kappa shape index (κ2) is 8.01. The third-order valence-corrected chi connectivity index (χ3v) is 5.19. The Morgan fingerprint density at radius 2 is 1.96 bits per heavy atom. The predicted octanol–water partition coefficient (Wildman–Crippen LogP) is 2.02. The van der Waals surface area contributed by atoms with Gasteiger partial charge in [0.15, 0.2) is 0 Å². The van der Waals surface area contributed by atoms with Crippen LogP contribution in [0.2, 0.25) is 0 Å². The molecule has 1 N–H and O–H groups in total. The van der Waals surface area contributed by atoms with Crippen LogP contribution in [0.5, 0.6) is 0 Å². The van der Waals surface area contributed by atoms with Crippen LogP contribution in [0.1, 0.15) is 40.8 Å². The Kier molecular flexibility index (Phi) is 5.32. The van der Waals surface area contributed by atoms with Crippen LogP contribution in [0, 0.1) is 0 Å². The second-order valence-electron chi connectivity index (χ2n) is 7.04. The molecule has 0 aliphatic carbocycles. The first kappa shape index (κ1) is 17.2. The van der Waals surface area contributed by atoms with Crippen molar-refractivity contribution in [1.82, 2.24) is 19.8 Å². The highest BCUT2D eigenvalue weighted by Crippen LogP contribution is 2.18. The number of benzene rings is 1. The fourth-order valence-electron chi connectivity index (χ4n) is 3.72. The van der Waals surface area contributed by atoms with E-state index in [0.717, 1.165) is 70.0 Å². The second-order valence-corrected chi connectivity index (χ2v) is 7.04. The quantitative estimate of drug-likeness (QED) is 0.892. The van der Waals surface area contributed by atoms with Gasteiger partial charge in [0, 0.05) is 38.8 Å². The number of hydrogen-bond donors (Lipinski definition) is 1. The lowest BCUT2D eigenvalue weighted by atomic mass is 10.1. The maximum atomic E-state index is 12.9. The first-order valence-electron chi connectivity index (χ1n) is 9.51. The number of aromatic nitrogens is 2. The molecule has 0 bridgehead atoms. The molecule has 1 amide bonds. The van der Waals surface area contributed by atoms with Crippen LogP contribution in [0.15, 0.2) is 36.5 Å². The Bertz CT molecular complexity index is 714. The molecule has 1 unspecified atom stereocenters. The van der Waals surface area contributed by atoms with Crippen LogP contribution in [0.3, 0.4) is 0 Å². The molecule has 26 heavy (non-hydrogen) atoms. The molecule has 1 saturated heterocycles. The Labute approximate surface area is 154 Å². The number of amides is 1. The van der Waals surface area contributed by atoms with Gasteiger partial charge >= 0.3 is 0 Å². The molecule has 3 heterocycles. The van der Waals surface area contributed by atoms with Gasteiger partial charge in [-0.2, -0.15) is 0 Å². The minimum absolute atomic E-state index is 0.0551. The standard InChI is InChI=1S/C20H26N4O2/c25-20(18-15-24-9-5-4-8-19(24)21-18)22-17(16-6-2-1-3-7-16)14-23-10-12-26-13-11-23/h1-3,6-7,15,17H,4-5,8-14H2,(H,22,25). The normalized spacial score (nSPS) is 18.9. The first-order valence-corrected chi connectivity index (χ1v) is 9.51. The number of rotatable bonds is 5. The number of carbonyl (C=O) groups is 1. The lowest BCUT2D eigenvalue weighted by molar-refractivity contribution is 0.0332. The number of nitrogens with one attached hydrogen (secondary N) is 1. The predicted molar refractivity (Wildman–Crippen MR) is 99.1 cm³/mol. The Balaban J connectivity index is 1.49. The van der Waals surface area contributed by atoms with E-state index in [9.17, 15) is 4.79 Å². The van der Waals surface area contributed by atoms with Gasteiger partial charge in [0.2, 0.25) is 0 Å². The average Bonchev–Trinajstić information content (AvgIpc) is 3.13. The molecule has 2 aromatic rings. The van der Waals surface area contributed by atoms with Gasteiger partial charge in [-0.05, 0) is 18.4 Å². The first-order chi connectivity index (χ1) is 12.8. The van der Waals surface area contributed by atoms with E-state index in [1.807, 2.05) is 24.4 Å². The maximum absolute atomic E-state index is 12.9. The van der Waals surface area contributed by atoms with Crippen LogP contribution in [-0.2, 0) is 17.7 Å². The van der Waals surface area contributed by atoms with E-state index in [-0.39, 0.29) is 11.9 Å². The van der Waals surface area contributed by atoms with E-state index < -0.39 is 0 Å². The molecular weight excluding hydrogens is 328 g/mol. The fourth-order valence-corrected chi connectivity index (χ4v) is 3.72. The van der Waals surface area contributed by atoms with Gasteiger partial charge in [0.25, 0.3) is 5.91 Å². The van der Waals surface area contributed by atoms with E-state index in [1.54, 1.807) is 0 Å². The third-order valence-electron chi connectivity index (χ3n) is 5.19. The summed E-state index contributed by atoms with van der Waals surface area (Å²) in [5.74, 6) is 0.944. The van der Waals surface area contributed by atoms with Gasteiger partial charge < -0.3 is 14.6 Å². The van der Waals surface area contributed by atoms with Crippen molar-refractivity contribution < 1.29 is 9.53 Å². The number of morpholine rings is 1. The van der Waals surface area contributed by atoms with Crippen molar-refractivity contribution in [3.8, 4) is 0 Å². The zero-order chi connectivity index (χ0) is 17.8. The number of hydrogen-bond acceptors (Lipinski definition) is 4. The highest BCUT2D eigenvalue weighted by Gasteiger charge is 2.23. The molecule has 1 aromatic heterocycles. The molecule has 0 saturated carbocycles. The fraction of sp³-hybridized carbons (Fsp3) is 0.500. The summed E-state index contributed by atoms with van der Waals surface area (Å²) in [6.07, 6.45) is 5.18.